The molecule has 0 aliphatic rings. The summed E-state index contributed by atoms with van der Waals surface area (Å²) in [5.74, 6) is -0.136. The minimum atomic E-state index is -3.72. The molecule has 3 nitrogen and oxygen atoms in total. The van der Waals surface area contributed by atoms with Crippen LogP contribution in [0.25, 0.3) is 0 Å². The first-order valence-electron chi connectivity index (χ1n) is 2.80. The maximum atomic E-state index is 10.0. The summed E-state index contributed by atoms with van der Waals surface area (Å²) in [6, 6.07) is 0. The van der Waals surface area contributed by atoms with Crippen LogP contribution in [-0.2, 0) is 10.1 Å². The molecule has 0 fully saturated rings. The van der Waals surface area contributed by atoms with Gasteiger partial charge in [-0.25, -0.2) is 0 Å². The molecule has 0 bridgehead atoms. The fraction of sp³-hybridized carbons (Fsp3) is 0.800. The lowest BCUT2D eigenvalue weighted by Gasteiger charge is -1.91. The van der Waals surface area contributed by atoms with Crippen LogP contribution in [0.15, 0.2) is 0 Å². The standard InChI is InChI=1S/C5H10O3S/c1-2-3-4-5-9(6,7)8/h1-5H2/p+1. The van der Waals surface area contributed by atoms with Gasteiger partial charge in [-0.1, -0.05) is 0 Å². The first-order chi connectivity index (χ1) is 4.06. The topological polar surface area (TPSA) is 54.4 Å². The first-order valence-corrected chi connectivity index (χ1v) is 4.41. The summed E-state index contributed by atoms with van der Waals surface area (Å²) < 4.78 is 28.3. The van der Waals surface area contributed by atoms with E-state index in [0.717, 1.165) is 12.8 Å². The molecule has 4 heteroatoms. The van der Waals surface area contributed by atoms with Crippen molar-refractivity contribution in [3.63, 3.8) is 0 Å². The Labute approximate surface area is 55.8 Å². The lowest BCUT2D eigenvalue weighted by molar-refractivity contribution is 0.480. The smallest absolute Gasteiger partial charge is 0.264 e. The maximum Gasteiger partial charge on any atom is 0.264 e. The van der Waals surface area contributed by atoms with E-state index in [1.807, 2.05) is 0 Å². The van der Waals surface area contributed by atoms with Crippen molar-refractivity contribution in [2.24, 2.45) is 0 Å². The summed E-state index contributed by atoms with van der Waals surface area (Å²) in [4.78, 5) is 0. The average Bonchev–Trinajstić information content (AvgIpc) is 1.63. The van der Waals surface area contributed by atoms with Crippen molar-refractivity contribution in [1.82, 2.24) is 0 Å². The van der Waals surface area contributed by atoms with Gasteiger partial charge in [0.25, 0.3) is 10.1 Å². The van der Waals surface area contributed by atoms with Crippen molar-refractivity contribution < 1.29 is 13.0 Å². The van der Waals surface area contributed by atoms with Crippen LogP contribution in [0.2, 0.25) is 0 Å². The quantitative estimate of drug-likeness (QED) is 0.368. The summed E-state index contributed by atoms with van der Waals surface area (Å²) in [5, 5.41) is 0. The van der Waals surface area contributed by atoms with E-state index < -0.39 is 10.1 Å². The lowest BCUT2D eigenvalue weighted by Crippen LogP contribution is -2.02. The fourth-order valence-corrected chi connectivity index (χ4v) is 1.03. The Hall–Kier alpha value is -0.220. The first kappa shape index (κ1) is 8.78. The van der Waals surface area contributed by atoms with Crippen LogP contribution in [0.5, 0.6) is 0 Å². The average molecular weight is 151 g/mol. The van der Waals surface area contributed by atoms with Crippen LogP contribution < -0.4 is 0 Å². The van der Waals surface area contributed by atoms with Gasteiger partial charge >= 0.3 is 0 Å². The van der Waals surface area contributed by atoms with E-state index >= 15 is 0 Å². The van der Waals surface area contributed by atoms with E-state index in [1.54, 1.807) is 0 Å². The zero-order valence-corrected chi connectivity index (χ0v) is 6.02. The molecule has 0 heterocycles. The van der Waals surface area contributed by atoms with Crippen molar-refractivity contribution in [2.75, 3.05) is 5.75 Å². The normalized spacial score (nSPS) is 11.7. The highest BCUT2D eigenvalue weighted by molar-refractivity contribution is 7.85. The molecule has 0 spiro atoms. The highest BCUT2D eigenvalue weighted by Gasteiger charge is 2.02. The molecule has 0 aromatic rings. The molecule has 0 aliphatic carbocycles. The second-order valence-electron chi connectivity index (χ2n) is 1.85. The van der Waals surface area contributed by atoms with Gasteiger partial charge < -0.3 is 0 Å². The zero-order chi connectivity index (χ0) is 7.33. The molecule has 0 saturated carbocycles. The highest BCUT2D eigenvalue weighted by atomic mass is 32.2. The molecule has 0 aromatic carbocycles. The minimum Gasteiger partial charge on any atom is -0.286 e. The Morgan fingerprint density at radius 2 is 1.89 bits per heavy atom. The largest absolute Gasteiger partial charge is 0.286 e. The van der Waals surface area contributed by atoms with E-state index in [4.69, 9.17) is 4.55 Å². The fourth-order valence-electron chi connectivity index (χ4n) is 0.461. The molecular formula is C5H11O3S+. The molecule has 0 unspecified atom stereocenters. The van der Waals surface area contributed by atoms with E-state index in [-0.39, 0.29) is 5.75 Å². The Balaban J connectivity index is 3.30. The molecule has 0 aliphatic heterocycles. The third-order valence-corrected chi connectivity index (χ3v) is 1.71. The highest BCUT2D eigenvalue weighted by Crippen LogP contribution is 1.95. The van der Waals surface area contributed by atoms with Gasteiger partial charge in [-0.05, 0) is 12.8 Å². The summed E-state index contributed by atoms with van der Waals surface area (Å²) in [7, 11) is -3.72. The van der Waals surface area contributed by atoms with Crippen molar-refractivity contribution >= 4 is 10.1 Å². The molecule has 0 rings (SSSR count). The number of unbranched alkanes of at least 4 members (excludes halogenated alkanes) is 2. The van der Waals surface area contributed by atoms with Gasteiger partial charge in [0.1, 0.15) is 0 Å². The van der Waals surface area contributed by atoms with Gasteiger partial charge in [0.2, 0.25) is 0 Å². The van der Waals surface area contributed by atoms with Crippen molar-refractivity contribution in [1.29, 1.82) is 0 Å². The zero-order valence-electron chi connectivity index (χ0n) is 5.21. The minimum absolute atomic E-state index is 0.136. The maximum absolute atomic E-state index is 10.0. The second-order valence-corrected chi connectivity index (χ2v) is 3.42. The molecular weight excluding hydrogens is 140 g/mol. The summed E-state index contributed by atoms with van der Waals surface area (Å²) in [6.45, 7) is 3.53. The Morgan fingerprint density at radius 3 is 2.22 bits per heavy atom. The van der Waals surface area contributed by atoms with Gasteiger partial charge in [-0.3, -0.25) is 4.55 Å². The van der Waals surface area contributed by atoms with Gasteiger partial charge in [0.05, 0.1) is 19.1 Å². The molecule has 1 N–H and O–H groups in total. The van der Waals surface area contributed by atoms with Gasteiger partial charge in [0, 0.05) is 0 Å². The second kappa shape index (κ2) is 3.74. The summed E-state index contributed by atoms with van der Waals surface area (Å²) in [5.41, 5.74) is 0. The van der Waals surface area contributed by atoms with Crippen molar-refractivity contribution in [2.45, 2.75) is 19.3 Å². The van der Waals surface area contributed by atoms with Gasteiger partial charge in [-0.15, -0.1) is 0 Å². The van der Waals surface area contributed by atoms with Crippen molar-refractivity contribution in [3.8, 4) is 0 Å². The van der Waals surface area contributed by atoms with E-state index in [9.17, 15) is 8.42 Å². The third kappa shape index (κ3) is 7.78. The van der Waals surface area contributed by atoms with Crippen LogP contribution in [0.3, 0.4) is 0 Å². The number of rotatable bonds is 4. The number of hydrogen-bond donors (Lipinski definition) is 1. The molecule has 0 radical (unpaired) electrons. The molecule has 9 heavy (non-hydrogen) atoms. The molecule has 0 saturated heterocycles. The Morgan fingerprint density at radius 1 is 1.33 bits per heavy atom. The van der Waals surface area contributed by atoms with Crippen LogP contribution in [0, 0.1) is 6.92 Å². The predicted octanol–water partition coefficient (Wildman–Crippen LogP) is 0.879. The van der Waals surface area contributed by atoms with Crippen molar-refractivity contribution in [3.05, 3.63) is 6.92 Å². The summed E-state index contributed by atoms with van der Waals surface area (Å²) >= 11 is 0. The molecule has 0 atom stereocenters. The SMILES string of the molecule is [CH2+]CCCCS(=O)(=O)O. The summed E-state index contributed by atoms with van der Waals surface area (Å²) in [6.07, 6.45) is 1.97. The van der Waals surface area contributed by atoms with Crippen LogP contribution in [0.4, 0.5) is 0 Å². The van der Waals surface area contributed by atoms with E-state index in [2.05, 4.69) is 6.92 Å². The molecule has 0 amide bonds. The van der Waals surface area contributed by atoms with Crippen LogP contribution in [0.1, 0.15) is 19.3 Å². The lowest BCUT2D eigenvalue weighted by atomic mass is 10.3. The number of hydrogen-bond acceptors (Lipinski definition) is 2. The van der Waals surface area contributed by atoms with E-state index in [1.165, 1.54) is 0 Å². The van der Waals surface area contributed by atoms with E-state index in [0.29, 0.717) is 6.42 Å². The predicted molar refractivity (Wildman–Crippen MR) is 35.6 cm³/mol. The van der Waals surface area contributed by atoms with Gasteiger partial charge in [-0.2, -0.15) is 8.42 Å². The molecule has 54 valence electrons. The monoisotopic (exact) mass is 151 g/mol. The van der Waals surface area contributed by atoms with Gasteiger partial charge in [0.15, 0.2) is 0 Å². The molecule has 0 aromatic heterocycles. The van der Waals surface area contributed by atoms with Crippen LogP contribution >= 0.6 is 0 Å². The Bertz CT molecular complexity index is 148. The Kier molecular flexibility index (Phi) is 3.65. The van der Waals surface area contributed by atoms with Crippen LogP contribution in [-0.4, -0.2) is 18.7 Å². The third-order valence-electron chi connectivity index (χ3n) is 0.902.